The van der Waals surface area contributed by atoms with E-state index < -0.39 is 10.0 Å². The largest absolute Gasteiger partial charge is 0.310 e. The van der Waals surface area contributed by atoms with E-state index in [9.17, 15) is 8.42 Å². The summed E-state index contributed by atoms with van der Waals surface area (Å²) in [5.41, 5.74) is 0.708. The molecular weight excluding hydrogens is 276 g/mol. The van der Waals surface area contributed by atoms with E-state index in [2.05, 4.69) is 15.5 Å². The summed E-state index contributed by atoms with van der Waals surface area (Å²) in [6, 6.07) is 0.473. The predicted molar refractivity (Wildman–Crippen MR) is 77.7 cm³/mol. The van der Waals surface area contributed by atoms with Crippen LogP contribution < -0.4 is 5.32 Å². The van der Waals surface area contributed by atoms with Crippen LogP contribution in [0.4, 0.5) is 0 Å². The Hall–Kier alpha value is -0.920. The van der Waals surface area contributed by atoms with Gasteiger partial charge < -0.3 is 5.32 Å². The van der Waals surface area contributed by atoms with Gasteiger partial charge in [-0.05, 0) is 25.7 Å². The zero-order chi connectivity index (χ0) is 14.9. The summed E-state index contributed by atoms with van der Waals surface area (Å²) < 4.78 is 26.7. The Morgan fingerprint density at radius 3 is 2.65 bits per heavy atom. The summed E-state index contributed by atoms with van der Waals surface area (Å²) in [5.74, 6) is 0.255. The highest BCUT2D eigenvalue weighted by molar-refractivity contribution is 7.89. The van der Waals surface area contributed by atoms with Crippen molar-refractivity contribution in [1.29, 1.82) is 0 Å². The van der Waals surface area contributed by atoms with Gasteiger partial charge in [0, 0.05) is 31.2 Å². The molecule has 0 aliphatic heterocycles. The van der Waals surface area contributed by atoms with Crippen molar-refractivity contribution in [3.05, 3.63) is 11.8 Å². The molecule has 1 heterocycles. The SMILES string of the molecule is CC(C)C(C)N(C)S(=O)(=O)c1[nH]ncc1CNC1CC1. The molecule has 114 valence electrons. The molecule has 2 N–H and O–H groups in total. The molecule has 1 aliphatic rings. The Morgan fingerprint density at radius 1 is 1.45 bits per heavy atom. The summed E-state index contributed by atoms with van der Waals surface area (Å²) in [5, 5.41) is 10.1. The van der Waals surface area contributed by atoms with Crippen LogP contribution in [0.15, 0.2) is 11.2 Å². The molecule has 0 aromatic carbocycles. The van der Waals surface area contributed by atoms with Gasteiger partial charge in [-0.3, -0.25) is 5.10 Å². The third kappa shape index (κ3) is 3.21. The lowest BCUT2D eigenvalue weighted by molar-refractivity contribution is 0.314. The molecule has 0 saturated heterocycles. The van der Waals surface area contributed by atoms with Crippen molar-refractivity contribution in [2.45, 2.75) is 57.3 Å². The number of hydrogen-bond acceptors (Lipinski definition) is 4. The van der Waals surface area contributed by atoms with Gasteiger partial charge in [0.05, 0.1) is 6.20 Å². The van der Waals surface area contributed by atoms with Crippen LogP contribution in [0.25, 0.3) is 0 Å². The molecule has 0 bridgehead atoms. The maximum Gasteiger partial charge on any atom is 0.260 e. The van der Waals surface area contributed by atoms with Crippen molar-refractivity contribution in [1.82, 2.24) is 19.8 Å². The molecule has 6 nitrogen and oxygen atoms in total. The summed E-state index contributed by atoms with van der Waals surface area (Å²) in [7, 11) is -1.90. The van der Waals surface area contributed by atoms with E-state index in [0.717, 1.165) is 0 Å². The average Bonchev–Trinajstić information content (AvgIpc) is 3.10. The van der Waals surface area contributed by atoms with E-state index in [4.69, 9.17) is 0 Å². The van der Waals surface area contributed by atoms with Gasteiger partial charge in [0.2, 0.25) is 0 Å². The molecule has 1 unspecified atom stereocenters. The molecule has 2 rings (SSSR count). The second kappa shape index (κ2) is 5.83. The van der Waals surface area contributed by atoms with Gasteiger partial charge in [0.1, 0.15) is 0 Å². The second-order valence-electron chi connectivity index (χ2n) is 5.89. The normalized spacial score (nSPS) is 17.9. The van der Waals surface area contributed by atoms with Gasteiger partial charge in [-0.15, -0.1) is 0 Å². The molecule has 1 aromatic rings. The highest BCUT2D eigenvalue weighted by Gasteiger charge is 2.31. The van der Waals surface area contributed by atoms with Crippen LogP contribution in [-0.4, -0.2) is 42.1 Å². The van der Waals surface area contributed by atoms with E-state index in [1.54, 1.807) is 13.2 Å². The lowest BCUT2D eigenvalue weighted by Gasteiger charge is -2.26. The first-order valence-electron chi connectivity index (χ1n) is 7.07. The minimum atomic E-state index is -3.52. The van der Waals surface area contributed by atoms with Crippen molar-refractivity contribution in [3.63, 3.8) is 0 Å². The highest BCUT2D eigenvalue weighted by Crippen LogP contribution is 2.23. The quantitative estimate of drug-likeness (QED) is 0.796. The van der Waals surface area contributed by atoms with Crippen LogP contribution in [0, 0.1) is 5.92 Å². The average molecular weight is 300 g/mol. The van der Waals surface area contributed by atoms with Gasteiger partial charge in [-0.1, -0.05) is 13.8 Å². The van der Waals surface area contributed by atoms with E-state index >= 15 is 0 Å². The molecular formula is C13H24N4O2S. The number of H-pyrrole nitrogens is 1. The number of rotatable bonds is 7. The van der Waals surface area contributed by atoms with Gasteiger partial charge in [0.25, 0.3) is 10.0 Å². The zero-order valence-corrected chi connectivity index (χ0v) is 13.4. The molecule has 0 spiro atoms. The van der Waals surface area contributed by atoms with Crippen LogP contribution in [0.3, 0.4) is 0 Å². The minimum absolute atomic E-state index is 0.0625. The summed E-state index contributed by atoms with van der Waals surface area (Å²) in [4.78, 5) is 0. The molecule has 0 amide bonds. The fraction of sp³-hybridized carbons (Fsp3) is 0.769. The Bertz CT molecular complexity index is 548. The lowest BCUT2D eigenvalue weighted by Crippen LogP contribution is -2.38. The van der Waals surface area contributed by atoms with Gasteiger partial charge in [-0.25, -0.2) is 8.42 Å². The molecule has 7 heteroatoms. The Morgan fingerprint density at radius 2 is 2.10 bits per heavy atom. The van der Waals surface area contributed by atoms with Gasteiger partial charge >= 0.3 is 0 Å². The number of aromatic amines is 1. The first-order valence-corrected chi connectivity index (χ1v) is 8.51. The van der Waals surface area contributed by atoms with Crippen LogP contribution >= 0.6 is 0 Å². The van der Waals surface area contributed by atoms with Gasteiger partial charge in [0.15, 0.2) is 5.03 Å². The van der Waals surface area contributed by atoms with E-state index in [0.29, 0.717) is 18.2 Å². The fourth-order valence-electron chi connectivity index (χ4n) is 1.97. The summed E-state index contributed by atoms with van der Waals surface area (Å²) >= 11 is 0. The van der Waals surface area contributed by atoms with E-state index in [1.165, 1.54) is 17.1 Å². The summed E-state index contributed by atoms with van der Waals surface area (Å²) in [6.07, 6.45) is 3.94. The molecule has 1 atom stereocenters. The van der Waals surface area contributed by atoms with Crippen molar-refractivity contribution in [3.8, 4) is 0 Å². The van der Waals surface area contributed by atoms with Gasteiger partial charge in [-0.2, -0.15) is 9.40 Å². The maximum absolute atomic E-state index is 12.6. The van der Waals surface area contributed by atoms with Crippen LogP contribution in [0.1, 0.15) is 39.2 Å². The van der Waals surface area contributed by atoms with Crippen molar-refractivity contribution in [2.75, 3.05) is 7.05 Å². The Labute approximate surface area is 121 Å². The third-order valence-electron chi connectivity index (χ3n) is 4.01. The summed E-state index contributed by atoms with van der Waals surface area (Å²) in [6.45, 7) is 6.48. The Kier molecular flexibility index (Phi) is 4.51. The van der Waals surface area contributed by atoms with Crippen molar-refractivity contribution < 1.29 is 8.42 Å². The zero-order valence-electron chi connectivity index (χ0n) is 12.5. The van der Waals surface area contributed by atoms with Crippen molar-refractivity contribution in [2.24, 2.45) is 5.92 Å². The number of sulfonamides is 1. The number of nitrogens with one attached hydrogen (secondary N) is 2. The number of aromatic nitrogens is 2. The van der Waals surface area contributed by atoms with Crippen LogP contribution in [0.5, 0.6) is 0 Å². The molecule has 1 aliphatic carbocycles. The second-order valence-corrected chi connectivity index (χ2v) is 7.82. The standard InChI is InChI=1S/C13H24N4O2S/c1-9(2)10(3)17(4)20(18,19)13-11(8-15-16-13)7-14-12-5-6-12/h8-10,12,14H,5-7H2,1-4H3,(H,15,16). The third-order valence-corrected chi connectivity index (χ3v) is 5.97. The maximum atomic E-state index is 12.6. The van der Waals surface area contributed by atoms with E-state index in [1.807, 2.05) is 20.8 Å². The molecule has 20 heavy (non-hydrogen) atoms. The van der Waals surface area contributed by atoms with Crippen molar-refractivity contribution >= 4 is 10.0 Å². The first-order chi connectivity index (χ1) is 9.34. The predicted octanol–water partition coefficient (Wildman–Crippen LogP) is 1.33. The molecule has 1 fully saturated rings. The van der Waals surface area contributed by atoms with Crippen LogP contribution in [-0.2, 0) is 16.6 Å². The Balaban J connectivity index is 2.18. The minimum Gasteiger partial charge on any atom is -0.310 e. The molecule has 0 radical (unpaired) electrons. The monoisotopic (exact) mass is 300 g/mol. The molecule has 1 saturated carbocycles. The first kappa shape index (κ1) is 15.5. The molecule has 1 aromatic heterocycles. The lowest BCUT2D eigenvalue weighted by atomic mass is 10.1. The highest BCUT2D eigenvalue weighted by atomic mass is 32.2. The fourth-order valence-corrected chi connectivity index (χ4v) is 3.57. The topological polar surface area (TPSA) is 78.1 Å². The van der Waals surface area contributed by atoms with Crippen LogP contribution in [0.2, 0.25) is 0 Å². The number of hydrogen-bond donors (Lipinski definition) is 2. The van der Waals surface area contributed by atoms with E-state index in [-0.39, 0.29) is 17.0 Å². The smallest absolute Gasteiger partial charge is 0.260 e. The number of nitrogens with zero attached hydrogens (tertiary/aromatic N) is 2.